The number of halogens is 3. The Hall–Kier alpha value is -2.33. The van der Waals surface area contributed by atoms with E-state index in [0.717, 1.165) is 11.3 Å². The van der Waals surface area contributed by atoms with Crippen molar-refractivity contribution >= 4 is 20.9 Å². The second-order valence-corrected chi connectivity index (χ2v) is 10.5. The number of alkyl halides is 3. The summed E-state index contributed by atoms with van der Waals surface area (Å²) in [6.07, 6.45) is -0.887. The number of rotatable bonds is 7. The van der Waals surface area contributed by atoms with Crippen molar-refractivity contribution in [3.63, 3.8) is 0 Å². The van der Waals surface area contributed by atoms with Crippen LogP contribution in [0.5, 0.6) is 0 Å². The van der Waals surface area contributed by atoms with Gasteiger partial charge < -0.3 is 4.57 Å². The lowest BCUT2D eigenvalue weighted by Crippen LogP contribution is -2.39. The summed E-state index contributed by atoms with van der Waals surface area (Å²) < 4.78 is 72.2. The Morgan fingerprint density at radius 1 is 1.23 bits per heavy atom. The molecule has 4 rings (SSSR count). The standard InChI is InChI=1S/C21H25F3N4O2S/c1-13(2)11-28-12-17(20(21(22,23)24)26-31(29,30)15-5-6-15)16-7-4-14(10-19(16)28)18-8-9-25-27(18)3/h4,7-10,12-13,15,20,26H,5-6,11H2,1-3H3/t20-/m0/s1. The van der Waals surface area contributed by atoms with Crippen molar-refractivity contribution in [3.8, 4) is 11.3 Å². The van der Waals surface area contributed by atoms with Gasteiger partial charge in [-0.1, -0.05) is 26.0 Å². The average molecular weight is 455 g/mol. The number of aryl methyl sites for hydroxylation is 1. The van der Waals surface area contributed by atoms with Crippen LogP contribution in [0.4, 0.5) is 13.2 Å². The summed E-state index contributed by atoms with van der Waals surface area (Å²) in [5.74, 6) is 0.191. The molecule has 0 saturated heterocycles. The highest BCUT2D eigenvalue weighted by Crippen LogP contribution is 2.40. The van der Waals surface area contributed by atoms with E-state index in [1.807, 2.05) is 30.7 Å². The van der Waals surface area contributed by atoms with E-state index >= 15 is 0 Å². The number of hydrogen-bond acceptors (Lipinski definition) is 3. The van der Waals surface area contributed by atoms with Crippen LogP contribution in [-0.2, 0) is 23.6 Å². The van der Waals surface area contributed by atoms with Crippen molar-refractivity contribution in [2.45, 2.75) is 50.7 Å². The van der Waals surface area contributed by atoms with Crippen LogP contribution in [0.3, 0.4) is 0 Å². The molecular formula is C21H25F3N4O2S. The van der Waals surface area contributed by atoms with Crippen LogP contribution in [0.15, 0.2) is 36.7 Å². The Morgan fingerprint density at radius 3 is 2.48 bits per heavy atom. The molecule has 1 aliphatic rings. The fourth-order valence-electron chi connectivity index (χ4n) is 3.86. The summed E-state index contributed by atoms with van der Waals surface area (Å²) in [5, 5.41) is 3.80. The zero-order valence-electron chi connectivity index (χ0n) is 17.5. The third kappa shape index (κ3) is 4.36. The van der Waals surface area contributed by atoms with Crippen LogP contribution in [0.2, 0.25) is 0 Å². The topological polar surface area (TPSA) is 68.9 Å². The molecule has 168 valence electrons. The van der Waals surface area contributed by atoms with Gasteiger partial charge in [-0.2, -0.15) is 23.0 Å². The molecule has 1 aromatic carbocycles. The molecule has 3 aromatic rings. The lowest BCUT2D eigenvalue weighted by atomic mass is 10.0. The number of hydrogen-bond donors (Lipinski definition) is 1. The van der Waals surface area contributed by atoms with E-state index in [9.17, 15) is 21.6 Å². The molecule has 10 heteroatoms. The van der Waals surface area contributed by atoms with Gasteiger partial charge in [0.25, 0.3) is 0 Å². The van der Waals surface area contributed by atoms with E-state index in [0.29, 0.717) is 30.3 Å². The monoisotopic (exact) mass is 454 g/mol. The van der Waals surface area contributed by atoms with Crippen molar-refractivity contribution in [2.75, 3.05) is 0 Å². The Bertz CT molecular complexity index is 1210. The summed E-state index contributed by atoms with van der Waals surface area (Å²) in [4.78, 5) is 0. The van der Waals surface area contributed by atoms with Crippen LogP contribution in [0, 0.1) is 5.92 Å². The van der Waals surface area contributed by atoms with Crippen molar-refractivity contribution in [1.82, 2.24) is 19.1 Å². The molecule has 1 atom stereocenters. The molecule has 1 fully saturated rings. The van der Waals surface area contributed by atoms with Crippen LogP contribution in [0.25, 0.3) is 22.2 Å². The van der Waals surface area contributed by atoms with Crippen molar-refractivity contribution in [2.24, 2.45) is 13.0 Å². The maximum Gasteiger partial charge on any atom is 0.408 e. The first-order chi connectivity index (χ1) is 14.5. The number of nitrogens with one attached hydrogen (secondary N) is 1. The molecular weight excluding hydrogens is 429 g/mol. The van der Waals surface area contributed by atoms with E-state index in [1.54, 1.807) is 34.6 Å². The molecule has 2 heterocycles. The molecule has 2 aromatic heterocycles. The van der Waals surface area contributed by atoms with E-state index in [1.165, 1.54) is 6.20 Å². The van der Waals surface area contributed by atoms with Crippen molar-refractivity contribution in [1.29, 1.82) is 0 Å². The highest BCUT2D eigenvalue weighted by Gasteiger charge is 2.47. The third-order valence-electron chi connectivity index (χ3n) is 5.48. The first kappa shape index (κ1) is 21.9. The Balaban J connectivity index is 1.86. The first-order valence-corrected chi connectivity index (χ1v) is 11.7. The number of sulfonamides is 1. The Kier molecular flexibility index (Phi) is 5.41. The van der Waals surface area contributed by atoms with Crippen molar-refractivity contribution in [3.05, 3.63) is 42.2 Å². The Morgan fingerprint density at radius 2 is 1.94 bits per heavy atom. The molecule has 1 N–H and O–H groups in total. The lowest BCUT2D eigenvalue weighted by Gasteiger charge is -2.21. The molecule has 0 spiro atoms. The highest BCUT2D eigenvalue weighted by molar-refractivity contribution is 7.90. The van der Waals surface area contributed by atoms with E-state index in [2.05, 4.69) is 5.10 Å². The maximum absolute atomic E-state index is 14.0. The van der Waals surface area contributed by atoms with Crippen LogP contribution in [0.1, 0.15) is 38.3 Å². The summed E-state index contributed by atoms with van der Waals surface area (Å²) in [6, 6.07) is 4.75. The van der Waals surface area contributed by atoms with E-state index in [4.69, 9.17) is 0 Å². The number of fused-ring (bicyclic) bond motifs is 1. The van der Waals surface area contributed by atoms with Gasteiger partial charge in [-0.3, -0.25) is 4.68 Å². The summed E-state index contributed by atoms with van der Waals surface area (Å²) >= 11 is 0. The van der Waals surface area contributed by atoms with Gasteiger partial charge in [-0.05, 0) is 30.9 Å². The van der Waals surface area contributed by atoms with Gasteiger partial charge in [0.2, 0.25) is 10.0 Å². The highest BCUT2D eigenvalue weighted by atomic mass is 32.2. The fraction of sp³-hybridized carbons (Fsp3) is 0.476. The minimum Gasteiger partial charge on any atom is -0.347 e. The maximum atomic E-state index is 14.0. The van der Waals surface area contributed by atoms with Gasteiger partial charge in [-0.15, -0.1) is 0 Å². The van der Waals surface area contributed by atoms with Crippen molar-refractivity contribution < 1.29 is 21.6 Å². The minimum absolute atomic E-state index is 0.0797. The van der Waals surface area contributed by atoms with Gasteiger partial charge >= 0.3 is 6.18 Å². The third-order valence-corrected chi connectivity index (χ3v) is 7.39. The molecule has 0 unspecified atom stereocenters. The van der Waals surface area contributed by atoms with Gasteiger partial charge in [0.1, 0.15) is 6.04 Å². The second kappa shape index (κ2) is 7.67. The van der Waals surface area contributed by atoms with Crippen LogP contribution in [-0.4, -0.2) is 34.2 Å². The smallest absolute Gasteiger partial charge is 0.347 e. The van der Waals surface area contributed by atoms with Crippen LogP contribution < -0.4 is 4.72 Å². The van der Waals surface area contributed by atoms with Gasteiger partial charge in [-0.25, -0.2) is 8.42 Å². The van der Waals surface area contributed by atoms with E-state index in [-0.39, 0.29) is 11.5 Å². The number of nitrogens with zero attached hydrogens (tertiary/aromatic N) is 3. The molecule has 0 aliphatic heterocycles. The predicted octanol–water partition coefficient (Wildman–Crippen LogP) is 4.38. The molecule has 0 radical (unpaired) electrons. The predicted molar refractivity (Wildman–Crippen MR) is 113 cm³/mol. The molecule has 1 aliphatic carbocycles. The molecule has 31 heavy (non-hydrogen) atoms. The summed E-state index contributed by atoms with van der Waals surface area (Å²) in [6.45, 7) is 4.46. The number of aromatic nitrogens is 3. The van der Waals surface area contributed by atoms with E-state index < -0.39 is 27.5 Å². The van der Waals surface area contributed by atoms with Gasteiger partial charge in [0, 0.05) is 48.0 Å². The Labute approximate surface area is 179 Å². The molecule has 0 bridgehead atoms. The average Bonchev–Trinajstić information content (AvgIpc) is 3.37. The fourth-order valence-corrected chi connectivity index (χ4v) is 5.39. The largest absolute Gasteiger partial charge is 0.408 e. The summed E-state index contributed by atoms with van der Waals surface area (Å²) in [7, 11) is -2.24. The van der Waals surface area contributed by atoms with Gasteiger partial charge in [0.05, 0.1) is 10.9 Å². The van der Waals surface area contributed by atoms with Crippen LogP contribution >= 0.6 is 0 Å². The quantitative estimate of drug-likeness (QED) is 0.576. The molecule has 6 nitrogen and oxygen atoms in total. The molecule has 1 saturated carbocycles. The van der Waals surface area contributed by atoms with Gasteiger partial charge in [0.15, 0.2) is 0 Å². The minimum atomic E-state index is -4.76. The second-order valence-electron chi connectivity index (χ2n) is 8.54. The zero-order valence-corrected chi connectivity index (χ0v) is 18.3. The zero-order chi connectivity index (χ0) is 22.6. The lowest BCUT2D eigenvalue weighted by molar-refractivity contribution is -0.152. The molecule has 0 amide bonds. The SMILES string of the molecule is CC(C)Cn1cc([C@H](NS(=O)(=O)C2CC2)C(F)(F)F)c2ccc(-c3ccnn3C)cc21. The normalized spacial score (nSPS) is 16.4. The first-order valence-electron chi connectivity index (χ1n) is 10.2. The summed E-state index contributed by atoms with van der Waals surface area (Å²) in [5.41, 5.74) is 2.21. The number of benzene rings is 1.